The molecule has 3 rings (SSSR count). The van der Waals surface area contributed by atoms with Crippen LogP contribution in [0.2, 0.25) is 0 Å². The molecule has 0 saturated heterocycles. The summed E-state index contributed by atoms with van der Waals surface area (Å²) in [6.07, 6.45) is 2.49. The molecule has 8 heteroatoms. The average Bonchev–Trinajstić information content (AvgIpc) is 2.85. The maximum absolute atomic E-state index is 12.7. The second-order valence-electron chi connectivity index (χ2n) is 4.43. The normalized spacial score (nSPS) is 11.7. The number of pyridine rings is 1. The molecule has 4 N–H and O–H groups in total. The topological polar surface area (TPSA) is 101 Å². The number of nitrogens with one attached hydrogen (secondary N) is 2. The van der Waals surface area contributed by atoms with Crippen molar-refractivity contribution < 1.29 is 12.8 Å². The van der Waals surface area contributed by atoms with Crippen LogP contribution in [0.1, 0.15) is 0 Å². The molecule has 0 spiro atoms. The standard InChI is InChI=1S/C13H11FN4O2S/c14-13-4-2-9(6-17-13)18-21(19,20)12-7-16-11-5-8(15)1-3-10(11)12/h1-7,16,18H,15H2. The van der Waals surface area contributed by atoms with Crippen molar-refractivity contribution in [3.63, 3.8) is 0 Å². The first-order valence-corrected chi connectivity index (χ1v) is 7.45. The van der Waals surface area contributed by atoms with E-state index < -0.39 is 16.0 Å². The lowest BCUT2D eigenvalue weighted by molar-refractivity contribution is 0.583. The number of anilines is 2. The molecule has 0 fully saturated rings. The zero-order chi connectivity index (χ0) is 15.0. The summed E-state index contributed by atoms with van der Waals surface area (Å²) in [5.74, 6) is -0.680. The van der Waals surface area contributed by atoms with E-state index in [9.17, 15) is 12.8 Å². The highest BCUT2D eigenvalue weighted by atomic mass is 32.2. The second kappa shape index (κ2) is 4.74. The molecule has 0 unspecified atom stereocenters. The zero-order valence-corrected chi connectivity index (χ0v) is 11.5. The molecule has 2 aromatic heterocycles. The molecule has 0 aliphatic rings. The molecule has 0 atom stereocenters. The van der Waals surface area contributed by atoms with Crippen LogP contribution < -0.4 is 10.5 Å². The van der Waals surface area contributed by atoms with Gasteiger partial charge >= 0.3 is 0 Å². The molecular weight excluding hydrogens is 295 g/mol. The molecule has 1 aromatic carbocycles. The predicted octanol–water partition coefficient (Wildman–Crippen LogP) is 2.08. The minimum absolute atomic E-state index is 0.0850. The molecule has 0 radical (unpaired) electrons. The van der Waals surface area contributed by atoms with E-state index in [-0.39, 0.29) is 10.6 Å². The summed E-state index contributed by atoms with van der Waals surface area (Å²) >= 11 is 0. The lowest BCUT2D eigenvalue weighted by atomic mass is 10.2. The summed E-state index contributed by atoms with van der Waals surface area (Å²) in [7, 11) is -3.81. The van der Waals surface area contributed by atoms with Crippen LogP contribution in [0.3, 0.4) is 0 Å². The Hall–Kier alpha value is -2.61. The number of benzene rings is 1. The van der Waals surface area contributed by atoms with Crippen molar-refractivity contribution in [2.24, 2.45) is 0 Å². The number of nitrogens with two attached hydrogens (primary N) is 1. The van der Waals surface area contributed by atoms with Gasteiger partial charge in [0.05, 0.1) is 11.9 Å². The van der Waals surface area contributed by atoms with Crippen LogP contribution >= 0.6 is 0 Å². The maximum atomic E-state index is 12.7. The van der Waals surface area contributed by atoms with Crippen LogP contribution in [0.25, 0.3) is 10.9 Å². The van der Waals surface area contributed by atoms with E-state index in [2.05, 4.69) is 14.7 Å². The van der Waals surface area contributed by atoms with Crippen LogP contribution in [0, 0.1) is 5.95 Å². The molecule has 0 bridgehead atoms. The van der Waals surface area contributed by atoms with E-state index in [0.29, 0.717) is 16.6 Å². The summed E-state index contributed by atoms with van der Waals surface area (Å²) in [5, 5.41) is 0.520. The zero-order valence-electron chi connectivity index (χ0n) is 10.7. The molecule has 21 heavy (non-hydrogen) atoms. The van der Waals surface area contributed by atoms with Gasteiger partial charge < -0.3 is 10.7 Å². The number of H-pyrrole nitrogens is 1. The third-order valence-corrected chi connectivity index (χ3v) is 4.36. The number of aromatic amines is 1. The Balaban J connectivity index is 2.02. The Bertz CT molecular complexity index is 904. The SMILES string of the molecule is Nc1ccc2c(S(=O)(=O)Nc3ccc(F)nc3)c[nH]c2c1. The number of nitrogen functional groups attached to an aromatic ring is 1. The monoisotopic (exact) mass is 306 g/mol. The predicted molar refractivity (Wildman–Crippen MR) is 77.7 cm³/mol. The maximum Gasteiger partial charge on any atom is 0.264 e. The van der Waals surface area contributed by atoms with E-state index in [1.807, 2.05) is 0 Å². The number of fused-ring (bicyclic) bond motifs is 1. The van der Waals surface area contributed by atoms with Crippen molar-refractivity contribution in [1.82, 2.24) is 9.97 Å². The Kier molecular flexibility index (Phi) is 3.02. The second-order valence-corrected chi connectivity index (χ2v) is 6.08. The van der Waals surface area contributed by atoms with Crippen LogP contribution in [-0.4, -0.2) is 18.4 Å². The van der Waals surface area contributed by atoms with Gasteiger partial charge in [-0.25, -0.2) is 13.4 Å². The van der Waals surface area contributed by atoms with E-state index in [4.69, 9.17) is 5.73 Å². The van der Waals surface area contributed by atoms with Gasteiger partial charge in [-0.2, -0.15) is 4.39 Å². The smallest absolute Gasteiger partial charge is 0.264 e. The Labute approximate surface area is 119 Å². The van der Waals surface area contributed by atoms with Crippen molar-refractivity contribution in [1.29, 1.82) is 0 Å². The first-order valence-electron chi connectivity index (χ1n) is 5.97. The van der Waals surface area contributed by atoms with Gasteiger partial charge in [0, 0.05) is 22.8 Å². The Morgan fingerprint density at radius 1 is 1.24 bits per heavy atom. The van der Waals surface area contributed by atoms with E-state index in [0.717, 1.165) is 12.3 Å². The van der Waals surface area contributed by atoms with Crippen LogP contribution in [0.4, 0.5) is 15.8 Å². The summed E-state index contributed by atoms with van der Waals surface area (Å²) in [5.41, 5.74) is 6.98. The van der Waals surface area contributed by atoms with Crippen molar-refractivity contribution in [3.05, 3.63) is 48.7 Å². The van der Waals surface area contributed by atoms with Crippen LogP contribution in [0.15, 0.2) is 47.6 Å². The fraction of sp³-hybridized carbons (Fsp3) is 0. The molecule has 2 heterocycles. The molecule has 0 aliphatic carbocycles. The molecule has 3 aromatic rings. The summed E-state index contributed by atoms with van der Waals surface area (Å²) in [6, 6.07) is 7.27. The lowest BCUT2D eigenvalue weighted by Gasteiger charge is -2.06. The van der Waals surface area contributed by atoms with Crippen LogP contribution in [0.5, 0.6) is 0 Å². The summed E-state index contributed by atoms with van der Waals surface area (Å²) in [6.45, 7) is 0. The number of aromatic nitrogens is 2. The van der Waals surface area contributed by atoms with Crippen LogP contribution in [-0.2, 0) is 10.0 Å². The average molecular weight is 306 g/mol. The molecule has 0 saturated carbocycles. The van der Waals surface area contributed by atoms with E-state index in [1.54, 1.807) is 18.2 Å². The van der Waals surface area contributed by atoms with Gasteiger partial charge in [-0.3, -0.25) is 4.72 Å². The minimum Gasteiger partial charge on any atom is -0.399 e. The van der Waals surface area contributed by atoms with Gasteiger partial charge in [0.2, 0.25) is 5.95 Å². The molecular formula is C13H11FN4O2S. The van der Waals surface area contributed by atoms with E-state index >= 15 is 0 Å². The highest BCUT2D eigenvalue weighted by molar-refractivity contribution is 7.93. The van der Waals surface area contributed by atoms with E-state index in [1.165, 1.54) is 12.3 Å². The molecule has 0 amide bonds. The first kappa shape index (κ1) is 13.4. The quantitative estimate of drug-likeness (QED) is 0.509. The number of hydrogen-bond acceptors (Lipinski definition) is 4. The number of sulfonamides is 1. The van der Waals surface area contributed by atoms with Crippen molar-refractivity contribution >= 4 is 32.3 Å². The third kappa shape index (κ3) is 2.52. The number of nitrogens with zero attached hydrogens (tertiary/aromatic N) is 1. The van der Waals surface area contributed by atoms with Gasteiger partial charge in [0.15, 0.2) is 0 Å². The fourth-order valence-corrected chi connectivity index (χ4v) is 3.21. The minimum atomic E-state index is -3.81. The Morgan fingerprint density at radius 2 is 2.05 bits per heavy atom. The van der Waals surface area contributed by atoms with Gasteiger partial charge in [-0.15, -0.1) is 0 Å². The van der Waals surface area contributed by atoms with Crippen molar-refractivity contribution in [3.8, 4) is 0 Å². The Morgan fingerprint density at radius 3 is 2.76 bits per heavy atom. The molecule has 6 nitrogen and oxygen atoms in total. The number of hydrogen-bond donors (Lipinski definition) is 3. The van der Waals surface area contributed by atoms with Gasteiger partial charge in [0.25, 0.3) is 10.0 Å². The fourth-order valence-electron chi connectivity index (χ4n) is 1.99. The first-order chi connectivity index (χ1) is 9.95. The van der Waals surface area contributed by atoms with Crippen molar-refractivity contribution in [2.45, 2.75) is 4.90 Å². The van der Waals surface area contributed by atoms with Gasteiger partial charge in [-0.1, -0.05) is 0 Å². The third-order valence-electron chi connectivity index (χ3n) is 2.94. The van der Waals surface area contributed by atoms with Crippen molar-refractivity contribution in [2.75, 3.05) is 10.5 Å². The highest BCUT2D eigenvalue weighted by Gasteiger charge is 2.19. The molecule has 0 aliphatic heterocycles. The number of halogens is 1. The lowest BCUT2D eigenvalue weighted by Crippen LogP contribution is -2.12. The van der Waals surface area contributed by atoms with Gasteiger partial charge in [-0.05, 0) is 30.3 Å². The molecule has 108 valence electrons. The number of rotatable bonds is 3. The summed E-state index contributed by atoms with van der Waals surface area (Å²) < 4.78 is 39.8. The van der Waals surface area contributed by atoms with Gasteiger partial charge in [0.1, 0.15) is 4.90 Å². The highest BCUT2D eigenvalue weighted by Crippen LogP contribution is 2.26. The summed E-state index contributed by atoms with van der Waals surface area (Å²) in [4.78, 5) is 6.34. The largest absolute Gasteiger partial charge is 0.399 e.